The number of halogens is 2. The molecule has 6 nitrogen and oxygen atoms in total. The van der Waals surface area contributed by atoms with Gasteiger partial charge in [-0.2, -0.15) is 0 Å². The second-order valence-corrected chi connectivity index (χ2v) is 8.06. The highest BCUT2D eigenvalue weighted by Crippen LogP contribution is 2.20. The van der Waals surface area contributed by atoms with Gasteiger partial charge in [0, 0.05) is 58.1 Å². The van der Waals surface area contributed by atoms with Crippen LogP contribution in [0.2, 0.25) is 0 Å². The predicted octanol–water partition coefficient (Wildman–Crippen LogP) is 3.52. The Labute approximate surface area is 207 Å². The molecule has 0 radical (unpaired) electrons. The molecule has 0 saturated carbocycles. The van der Waals surface area contributed by atoms with Crippen molar-refractivity contribution in [2.45, 2.75) is 25.3 Å². The van der Waals surface area contributed by atoms with Crippen molar-refractivity contribution in [1.29, 1.82) is 0 Å². The number of anilines is 1. The van der Waals surface area contributed by atoms with Gasteiger partial charge in [0.05, 0.1) is 0 Å². The molecule has 2 N–H and O–H groups in total. The number of nitrogens with zero attached hydrogens (tertiary/aromatic N) is 3. The fourth-order valence-corrected chi connectivity index (χ4v) is 3.83. The van der Waals surface area contributed by atoms with Gasteiger partial charge in [0.15, 0.2) is 5.96 Å². The van der Waals surface area contributed by atoms with E-state index in [4.69, 9.17) is 0 Å². The van der Waals surface area contributed by atoms with Crippen molar-refractivity contribution < 1.29 is 9.18 Å². The van der Waals surface area contributed by atoms with Crippen molar-refractivity contribution in [3.8, 4) is 0 Å². The number of hydrogen-bond acceptors (Lipinski definition) is 3. The van der Waals surface area contributed by atoms with Crippen LogP contribution in [-0.2, 0) is 6.42 Å². The lowest BCUT2D eigenvalue weighted by Crippen LogP contribution is -2.51. The maximum absolute atomic E-state index is 13.6. The minimum Gasteiger partial charge on any atom is -0.369 e. The smallest absolute Gasteiger partial charge is 0.253 e. The summed E-state index contributed by atoms with van der Waals surface area (Å²) in [5.41, 5.74) is 2.72. The van der Waals surface area contributed by atoms with E-state index in [0.29, 0.717) is 12.1 Å². The molecule has 0 aliphatic carbocycles. The Bertz CT molecular complexity index is 921. The molecule has 1 aliphatic heterocycles. The molecule has 1 saturated heterocycles. The lowest BCUT2D eigenvalue weighted by atomic mass is 10.0. The van der Waals surface area contributed by atoms with Crippen LogP contribution in [0.25, 0.3) is 0 Å². The largest absolute Gasteiger partial charge is 0.369 e. The van der Waals surface area contributed by atoms with Gasteiger partial charge in [0.2, 0.25) is 0 Å². The molecule has 8 heteroatoms. The maximum Gasteiger partial charge on any atom is 0.253 e. The zero-order valence-corrected chi connectivity index (χ0v) is 21.3. The van der Waals surface area contributed by atoms with Crippen LogP contribution in [0.3, 0.4) is 0 Å². The van der Waals surface area contributed by atoms with Crippen molar-refractivity contribution in [2.24, 2.45) is 4.99 Å². The van der Waals surface area contributed by atoms with E-state index >= 15 is 0 Å². The first-order valence-electron chi connectivity index (χ1n) is 10.7. The van der Waals surface area contributed by atoms with Crippen LogP contribution in [0.15, 0.2) is 53.5 Å². The van der Waals surface area contributed by atoms with E-state index in [1.54, 1.807) is 38.2 Å². The zero-order valence-electron chi connectivity index (χ0n) is 19.0. The van der Waals surface area contributed by atoms with Gasteiger partial charge in [0.1, 0.15) is 5.82 Å². The average molecular weight is 553 g/mol. The summed E-state index contributed by atoms with van der Waals surface area (Å²) in [6, 6.07) is 14.7. The molecule has 0 aromatic heterocycles. The van der Waals surface area contributed by atoms with E-state index in [0.717, 1.165) is 49.6 Å². The molecule has 1 aliphatic rings. The number of amides is 1. The monoisotopic (exact) mass is 553 g/mol. The quantitative estimate of drug-likeness (QED) is 0.327. The molecule has 1 amide bonds. The fourth-order valence-electron chi connectivity index (χ4n) is 3.83. The summed E-state index contributed by atoms with van der Waals surface area (Å²) in [5.74, 6) is 0.556. The molecule has 32 heavy (non-hydrogen) atoms. The van der Waals surface area contributed by atoms with Gasteiger partial charge in [-0.3, -0.25) is 9.79 Å². The van der Waals surface area contributed by atoms with E-state index in [1.807, 2.05) is 30.3 Å². The molecule has 0 bridgehead atoms. The van der Waals surface area contributed by atoms with E-state index < -0.39 is 0 Å². The van der Waals surface area contributed by atoms with Gasteiger partial charge in [-0.05, 0) is 55.2 Å². The molecule has 3 rings (SSSR count). The van der Waals surface area contributed by atoms with Crippen molar-refractivity contribution in [3.05, 3.63) is 65.5 Å². The topological polar surface area (TPSA) is 60.0 Å². The zero-order chi connectivity index (χ0) is 22.2. The van der Waals surface area contributed by atoms with Crippen LogP contribution < -0.4 is 15.5 Å². The SMILES string of the molecule is CN=C(NCCc1cccc(C(=O)N(C)C)c1)NC1CCCN(c2cccc(F)c2)C1.I. The average Bonchev–Trinajstić information content (AvgIpc) is 2.78. The van der Waals surface area contributed by atoms with Crippen LogP contribution in [0, 0.1) is 5.82 Å². The lowest BCUT2D eigenvalue weighted by Gasteiger charge is -2.35. The number of hydrogen-bond donors (Lipinski definition) is 2. The Hall–Kier alpha value is -2.36. The van der Waals surface area contributed by atoms with Gasteiger partial charge in [-0.1, -0.05) is 18.2 Å². The van der Waals surface area contributed by atoms with Crippen molar-refractivity contribution in [1.82, 2.24) is 15.5 Å². The van der Waals surface area contributed by atoms with Crippen molar-refractivity contribution in [2.75, 3.05) is 45.7 Å². The Morgan fingerprint density at radius 1 is 1.22 bits per heavy atom. The number of carbonyl (C=O) groups excluding carboxylic acids is 1. The number of carbonyl (C=O) groups is 1. The molecule has 1 atom stereocenters. The second-order valence-electron chi connectivity index (χ2n) is 8.06. The Morgan fingerprint density at radius 2 is 2.00 bits per heavy atom. The first-order chi connectivity index (χ1) is 15.0. The molecule has 1 fully saturated rings. The first kappa shape index (κ1) is 25.9. The number of guanidine groups is 1. The minimum absolute atomic E-state index is 0. The third-order valence-electron chi connectivity index (χ3n) is 5.45. The van der Waals surface area contributed by atoms with Crippen LogP contribution in [0.5, 0.6) is 0 Å². The van der Waals surface area contributed by atoms with E-state index in [2.05, 4.69) is 20.5 Å². The van der Waals surface area contributed by atoms with E-state index in [1.165, 1.54) is 6.07 Å². The van der Waals surface area contributed by atoms with Crippen molar-refractivity contribution >= 4 is 41.5 Å². The van der Waals surface area contributed by atoms with Crippen LogP contribution in [0.4, 0.5) is 10.1 Å². The van der Waals surface area contributed by atoms with E-state index in [-0.39, 0.29) is 41.7 Å². The summed E-state index contributed by atoms with van der Waals surface area (Å²) in [6.45, 7) is 2.44. The summed E-state index contributed by atoms with van der Waals surface area (Å²) in [5, 5.41) is 6.86. The summed E-state index contributed by atoms with van der Waals surface area (Å²) in [6.07, 6.45) is 2.87. The fraction of sp³-hybridized carbons (Fsp3) is 0.417. The van der Waals surface area contributed by atoms with Gasteiger partial charge in [-0.25, -0.2) is 4.39 Å². The summed E-state index contributed by atoms with van der Waals surface area (Å²) in [4.78, 5) is 20.3. The third kappa shape index (κ3) is 7.36. The normalized spacial score (nSPS) is 16.2. The Kier molecular flexibility index (Phi) is 10.2. The van der Waals surface area contributed by atoms with Gasteiger partial charge in [-0.15, -0.1) is 24.0 Å². The molecule has 0 spiro atoms. The van der Waals surface area contributed by atoms with Gasteiger partial charge in [0.25, 0.3) is 5.91 Å². The maximum atomic E-state index is 13.6. The number of piperidine rings is 1. The van der Waals surface area contributed by atoms with Crippen molar-refractivity contribution in [3.63, 3.8) is 0 Å². The number of rotatable bonds is 6. The Morgan fingerprint density at radius 3 is 2.72 bits per heavy atom. The predicted molar refractivity (Wildman–Crippen MR) is 140 cm³/mol. The van der Waals surface area contributed by atoms with E-state index in [9.17, 15) is 9.18 Å². The molecule has 174 valence electrons. The number of aliphatic imine (C=N–C) groups is 1. The summed E-state index contributed by atoms with van der Waals surface area (Å²) >= 11 is 0. The highest BCUT2D eigenvalue weighted by Gasteiger charge is 2.21. The van der Waals surface area contributed by atoms with Gasteiger partial charge < -0.3 is 20.4 Å². The molecule has 1 heterocycles. The summed E-state index contributed by atoms with van der Waals surface area (Å²) < 4.78 is 13.6. The highest BCUT2D eigenvalue weighted by molar-refractivity contribution is 14.0. The second kappa shape index (κ2) is 12.6. The first-order valence-corrected chi connectivity index (χ1v) is 10.7. The molecule has 2 aromatic rings. The van der Waals surface area contributed by atoms with Crippen LogP contribution >= 0.6 is 24.0 Å². The minimum atomic E-state index is -0.207. The number of nitrogens with one attached hydrogen (secondary N) is 2. The van der Waals surface area contributed by atoms with Crippen LogP contribution in [0.1, 0.15) is 28.8 Å². The molecule has 2 aromatic carbocycles. The van der Waals surface area contributed by atoms with Gasteiger partial charge >= 0.3 is 0 Å². The standard InChI is InChI=1S/C24H32FN5O.HI/c1-26-24(27-13-12-18-7-4-8-19(15-18)23(31)29(2)3)28-21-10-6-14-30(17-21)22-11-5-9-20(25)16-22;/h4-5,7-9,11,15-16,21H,6,10,12-14,17H2,1-3H3,(H2,26,27,28);1H. The molecular formula is C24H33FIN5O. The van der Waals surface area contributed by atoms with Crippen LogP contribution in [-0.4, -0.2) is 63.6 Å². The number of benzene rings is 2. The highest BCUT2D eigenvalue weighted by atomic mass is 127. The Balaban J connectivity index is 0.00000363. The summed E-state index contributed by atoms with van der Waals surface area (Å²) in [7, 11) is 5.28. The lowest BCUT2D eigenvalue weighted by molar-refractivity contribution is 0.0827. The third-order valence-corrected chi connectivity index (χ3v) is 5.45. The molecule has 1 unspecified atom stereocenters. The molecular weight excluding hydrogens is 520 g/mol.